The van der Waals surface area contributed by atoms with Crippen LogP contribution in [-0.4, -0.2) is 20.9 Å². The number of hydrogen-bond donors (Lipinski definition) is 0. The lowest BCUT2D eigenvalue weighted by Crippen LogP contribution is -2.07. The van der Waals surface area contributed by atoms with Crippen molar-refractivity contribution in [3.63, 3.8) is 0 Å². The molecule has 0 saturated carbocycles. The van der Waals surface area contributed by atoms with E-state index in [0.717, 1.165) is 16.8 Å². The fourth-order valence-electron chi connectivity index (χ4n) is 2.79. The van der Waals surface area contributed by atoms with Gasteiger partial charge in [0.05, 0.1) is 5.69 Å². The van der Waals surface area contributed by atoms with E-state index in [4.69, 9.17) is 9.26 Å². The molecule has 27 heavy (non-hydrogen) atoms. The Labute approximate surface area is 156 Å². The van der Waals surface area contributed by atoms with E-state index in [1.807, 2.05) is 66.9 Å². The number of carbonyl (C=O) groups is 1. The fraction of sp³-hybridized carbons (Fsp3) is 0.0952. The molecule has 0 amide bonds. The highest BCUT2D eigenvalue weighted by Gasteiger charge is 2.22. The zero-order valence-corrected chi connectivity index (χ0v) is 14.7. The zero-order valence-electron chi connectivity index (χ0n) is 14.7. The third kappa shape index (κ3) is 3.50. The number of esters is 1. The molecule has 0 aliphatic carbocycles. The van der Waals surface area contributed by atoms with Crippen LogP contribution in [0.5, 0.6) is 0 Å². The maximum absolute atomic E-state index is 12.6. The monoisotopic (exact) mass is 359 g/mol. The second-order valence-electron chi connectivity index (χ2n) is 6.02. The summed E-state index contributed by atoms with van der Waals surface area (Å²) < 4.78 is 12.5. The van der Waals surface area contributed by atoms with E-state index >= 15 is 0 Å². The van der Waals surface area contributed by atoms with Crippen LogP contribution >= 0.6 is 0 Å². The molecule has 0 unspecified atom stereocenters. The third-order valence-corrected chi connectivity index (χ3v) is 4.19. The summed E-state index contributed by atoms with van der Waals surface area (Å²) >= 11 is 0. The number of aromatic nitrogens is 3. The minimum absolute atomic E-state index is 0.164. The van der Waals surface area contributed by atoms with Gasteiger partial charge in [-0.1, -0.05) is 47.6 Å². The van der Waals surface area contributed by atoms with Gasteiger partial charge in [0.1, 0.15) is 23.6 Å². The molecule has 2 heterocycles. The van der Waals surface area contributed by atoms with Gasteiger partial charge in [-0.05, 0) is 30.7 Å². The number of rotatable bonds is 5. The quantitative estimate of drug-likeness (QED) is 0.500. The molecule has 0 radical (unpaired) electrons. The minimum Gasteiger partial charge on any atom is -0.457 e. The predicted molar refractivity (Wildman–Crippen MR) is 99.4 cm³/mol. The van der Waals surface area contributed by atoms with Crippen molar-refractivity contribution in [1.29, 1.82) is 0 Å². The first-order valence-corrected chi connectivity index (χ1v) is 8.50. The van der Waals surface area contributed by atoms with Crippen molar-refractivity contribution in [2.45, 2.75) is 13.5 Å². The summed E-state index contributed by atoms with van der Waals surface area (Å²) in [7, 11) is 0. The summed E-state index contributed by atoms with van der Waals surface area (Å²) in [6.07, 6.45) is 3.59. The first-order chi connectivity index (χ1) is 13.2. The number of carbonyl (C=O) groups excluding carboxylic acids is 1. The molecule has 134 valence electrons. The normalized spacial score (nSPS) is 10.7. The van der Waals surface area contributed by atoms with Gasteiger partial charge in [-0.3, -0.25) is 0 Å². The van der Waals surface area contributed by atoms with Crippen molar-refractivity contribution in [1.82, 2.24) is 14.9 Å². The molecule has 4 aromatic rings. The van der Waals surface area contributed by atoms with Gasteiger partial charge < -0.3 is 9.26 Å². The Kier molecular flexibility index (Phi) is 4.53. The average Bonchev–Trinajstić information content (AvgIpc) is 3.37. The van der Waals surface area contributed by atoms with Gasteiger partial charge in [0.25, 0.3) is 0 Å². The molecule has 6 heteroatoms. The van der Waals surface area contributed by atoms with Crippen LogP contribution in [0.25, 0.3) is 16.9 Å². The molecule has 2 aromatic carbocycles. The molecule has 0 N–H and O–H groups in total. The van der Waals surface area contributed by atoms with Crippen LogP contribution in [0.2, 0.25) is 0 Å². The smallest absolute Gasteiger partial charge is 0.344 e. The predicted octanol–water partition coefficient (Wildman–Crippen LogP) is 4.19. The van der Waals surface area contributed by atoms with Gasteiger partial charge in [-0.2, -0.15) is 5.10 Å². The van der Waals surface area contributed by atoms with Crippen molar-refractivity contribution >= 4 is 5.97 Å². The maximum Gasteiger partial charge on any atom is 0.344 e. The van der Waals surface area contributed by atoms with Crippen LogP contribution in [-0.2, 0) is 11.3 Å². The van der Waals surface area contributed by atoms with Crippen LogP contribution < -0.4 is 0 Å². The molecule has 0 bridgehead atoms. The summed E-state index contributed by atoms with van der Waals surface area (Å²) in [5, 5.41) is 8.20. The Morgan fingerprint density at radius 2 is 1.85 bits per heavy atom. The van der Waals surface area contributed by atoms with E-state index in [0.29, 0.717) is 17.0 Å². The number of aryl methyl sites for hydroxylation is 1. The van der Waals surface area contributed by atoms with Crippen molar-refractivity contribution < 1.29 is 14.1 Å². The van der Waals surface area contributed by atoms with Crippen LogP contribution in [0.15, 0.2) is 77.6 Å². The van der Waals surface area contributed by atoms with E-state index in [2.05, 4.69) is 10.3 Å². The van der Waals surface area contributed by atoms with E-state index < -0.39 is 5.97 Å². The van der Waals surface area contributed by atoms with Crippen LogP contribution in [0.1, 0.15) is 21.7 Å². The van der Waals surface area contributed by atoms with Gasteiger partial charge in [0.2, 0.25) is 0 Å². The van der Waals surface area contributed by atoms with E-state index in [1.54, 1.807) is 17.8 Å². The third-order valence-electron chi connectivity index (χ3n) is 4.19. The summed E-state index contributed by atoms with van der Waals surface area (Å²) in [6, 6.07) is 19.0. The van der Waals surface area contributed by atoms with Crippen LogP contribution in [0.4, 0.5) is 0 Å². The van der Waals surface area contributed by atoms with Gasteiger partial charge in [0.15, 0.2) is 0 Å². The SMILES string of the molecule is Cc1onc(-c2ccccc2)c1C(=O)OCc1ccc(-n2cccn2)cc1. The lowest BCUT2D eigenvalue weighted by molar-refractivity contribution is 0.0471. The first-order valence-electron chi connectivity index (χ1n) is 8.50. The van der Waals surface area contributed by atoms with Crippen molar-refractivity contribution in [3.05, 3.63) is 89.9 Å². The summed E-state index contributed by atoms with van der Waals surface area (Å²) in [5.74, 6) is -0.0170. The lowest BCUT2D eigenvalue weighted by Gasteiger charge is -2.07. The summed E-state index contributed by atoms with van der Waals surface area (Å²) in [6.45, 7) is 1.87. The van der Waals surface area contributed by atoms with Crippen molar-refractivity contribution in [2.24, 2.45) is 0 Å². The second kappa shape index (κ2) is 7.29. The maximum atomic E-state index is 12.6. The van der Waals surface area contributed by atoms with Gasteiger partial charge in [-0.25, -0.2) is 9.48 Å². The Morgan fingerprint density at radius 1 is 1.07 bits per heavy atom. The molecule has 0 fully saturated rings. The lowest BCUT2D eigenvalue weighted by atomic mass is 10.1. The van der Waals surface area contributed by atoms with Crippen molar-refractivity contribution in [2.75, 3.05) is 0 Å². The number of ether oxygens (including phenoxy) is 1. The Hall–Kier alpha value is -3.67. The van der Waals surface area contributed by atoms with Crippen LogP contribution in [0.3, 0.4) is 0 Å². The molecule has 0 atom stereocenters. The second-order valence-corrected chi connectivity index (χ2v) is 6.02. The van der Waals surface area contributed by atoms with E-state index in [1.165, 1.54) is 0 Å². The topological polar surface area (TPSA) is 70.2 Å². The summed E-state index contributed by atoms with van der Waals surface area (Å²) in [5.41, 5.74) is 3.48. The molecule has 4 rings (SSSR count). The Bertz CT molecular complexity index is 1040. The van der Waals surface area contributed by atoms with Crippen molar-refractivity contribution in [3.8, 4) is 16.9 Å². The fourth-order valence-corrected chi connectivity index (χ4v) is 2.79. The van der Waals surface area contributed by atoms with Gasteiger partial charge in [-0.15, -0.1) is 0 Å². The molecule has 0 saturated heterocycles. The highest BCUT2D eigenvalue weighted by Crippen LogP contribution is 2.26. The molecule has 2 aromatic heterocycles. The molecule has 0 aliphatic heterocycles. The van der Waals surface area contributed by atoms with E-state index in [-0.39, 0.29) is 6.61 Å². The molecular weight excluding hydrogens is 342 g/mol. The number of hydrogen-bond acceptors (Lipinski definition) is 5. The number of benzene rings is 2. The molecule has 0 spiro atoms. The highest BCUT2D eigenvalue weighted by molar-refractivity contribution is 5.97. The summed E-state index contributed by atoms with van der Waals surface area (Å²) in [4.78, 5) is 12.6. The standard InChI is InChI=1S/C21H17N3O3/c1-15-19(20(23-27-15)17-6-3-2-4-7-17)21(25)26-14-16-8-10-18(11-9-16)24-13-5-12-22-24/h2-13H,14H2,1H3. The molecule has 0 aliphatic rings. The first kappa shape index (κ1) is 16.8. The average molecular weight is 359 g/mol. The highest BCUT2D eigenvalue weighted by atomic mass is 16.5. The Morgan fingerprint density at radius 3 is 2.56 bits per heavy atom. The van der Waals surface area contributed by atoms with Gasteiger partial charge >= 0.3 is 5.97 Å². The number of nitrogens with zero attached hydrogens (tertiary/aromatic N) is 3. The largest absolute Gasteiger partial charge is 0.457 e. The van der Waals surface area contributed by atoms with Gasteiger partial charge in [0, 0.05) is 18.0 Å². The Balaban J connectivity index is 1.48. The van der Waals surface area contributed by atoms with E-state index in [9.17, 15) is 4.79 Å². The van der Waals surface area contributed by atoms with Crippen LogP contribution in [0, 0.1) is 6.92 Å². The minimum atomic E-state index is -0.455. The molecule has 6 nitrogen and oxygen atoms in total. The molecular formula is C21H17N3O3. The zero-order chi connectivity index (χ0) is 18.6.